The van der Waals surface area contributed by atoms with Crippen LogP contribution in [0.2, 0.25) is 0 Å². The van der Waals surface area contributed by atoms with Gasteiger partial charge in [0.25, 0.3) is 5.91 Å². The van der Waals surface area contributed by atoms with E-state index in [0.29, 0.717) is 50.9 Å². The number of quaternary nitrogens is 3. The van der Waals surface area contributed by atoms with Crippen molar-refractivity contribution in [2.45, 2.75) is 177 Å². The predicted molar refractivity (Wildman–Crippen MR) is 264 cm³/mol. The Morgan fingerprint density at radius 2 is 1.17 bits per heavy atom. The molecular formula is C47H75N14O19P-2. The zero-order chi connectivity index (χ0) is 60.7. The smallest absolute Gasteiger partial charge is 0.279 e. The summed E-state index contributed by atoms with van der Waals surface area (Å²) in [5.41, 5.74) is 12.0. The van der Waals surface area contributed by atoms with E-state index in [9.17, 15) is 87.2 Å². The maximum Gasteiger partial charge on any atom is 0.279 e. The van der Waals surface area contributed by atoms with Crippen LogP contribution in [0.1, 0.15) is 110 Å². The third-order valence-electron chi connectivity index (χ3n) is 13.4. The minimum Gasteiger partial charge on any atom is -0.790 e. The van der Waals surface area contributed by atoms with Crippen LogP contribution in [0.25, 0.3) is 0 Å². The molecule has 34 heteroatoms. The molecule has 2 saturated heterocycles. The molecule has 9 amide bonds. The Bertz CT molecular complexity index is 2430. The van der Waals surface area contributed by atoms with Gasteiger partial charge in [-0.15, -0.1) is 0 Å². The fourth-order valence-corrected chi connectivity index (χ4v) is 9.53. The number of carboxylic acids is 3. The summed E-state index contributed by atoms with van der Waals surface area (Å²) in [6.45, 7) is 4.17. The van der Waals surface area contributed by atoms with Gasteiger partial charge in [-0.3, -0.25) is 43.2 Å². The predicted octanol–water partition coefficient (Wildman–Crippen LogP) is -12.5. The van der Waals surface area contributed by atoms with E-state index < -0.39 is 165 Å². The number of aromatic nitrogens is 2. The number of unbranched alkanes of at least 4 members (excludes halogenated alkanes) is 2. The summed E-state index contributed by atoms with van der Waals surface area (Å²) >= 11 is 0. The Labute approximate surface area is 465 Å². The van der Waals surface area contributed by atoms with E-state index in [4.69, 9.17) is 0 Å². The summed E-state index contributed by atoms with van der Waals surface area (Å²) in [7, 11) is -5.78. The minimum atomic E-state index is -5.78. The molecular weight excluding hydrogens is 1100 g/mol. The van der Waals surface area contributed by atoms with Crippen molar-refractivity contribution >= 4 is 78.9 Å². The molecule has 0 radical (unpaired) electrons. The topological polar surface area (TPSA) is 549 Å². The first kappa shape index (κ1) is 68.1. The second kappa shape index (κ2) is 32.9. The number of carbonyl (C=O) groups excluding carboxylic acids is 12. The lowest BCUT2D eigenvalue weighted by Gasteiger charge is -2.38. The lowest BCUT2D eigenvalue weighted by molar-refractivity contribution is -0.403. The van der Waals surface area contributed by atoms with Gasteiger partial charge in [-0.25, -0.2) is 4.98 Å². The summed E-state index contributed by atoms with van der Waals surface area (Å²) < 4.78 is 16.4. The highest BCUT2D eigenvalue weighted by molar-refractivity contribution is 7.43. The van der Waals surface area contributed by atoms with Crippen molar-refractivity contribution in [1.29, 1.82) is 0 Å². The number of hydrogen-bond donors (Lipinski definition) is 11. The van der Waals surface area contributed by atoms with Gasteiger partial charge in [0.2, 0.25) is 47.3 Å². The van der Waals surface area contributed by atoms with Crippen molar-refractivity contribution in [2.75, 3.05) is 26.2 Å². The number of amides is 9. The van der Waals surface area contributed by atoms with E-state index in [-0.39, 0.29) is 51.6 Å². The highest BCUT2D eigenvalue weighted by Crippen LogP contribution is 2.31. The van der Waals surface area contributed by atoms with Crippen molar-refractivity contribution < 1.29 is 109 Å². The van der Waals surface area contributed by atoms with Crippen molar-refractivity contribution in [1.82, 2.24) is 57.0 Å². The van der Waals surface area contributed by atoms with Gasteiger partial charge in [-0.05, 0) is 97.8 Å². The second-order valence-electron chi connectivity index (χ2n) is 19.8. The highest BCUT2D eigenvalue weighted by atomic mass is 31.2. The van der Waals surface area contributed by atoms with Gasteiger partial charge < -0.3 is 118 Å². The maximum absolute atomic E-state index is 14.5. The number of H-pyrrole nitrogens is 1. The Hall–Kier alpha value is -7.16. The molecule has 2 aliphatic rings. The summed E-state index contributed by atoms with van der Waals surface area (Å²) in [5.74, 6) is -13.8. The van der Waals surface area contributed by atoms with Gasteiger partial charge in [0.1, 0.15) is 48.3 Å². The molecule has 0 saturated carbocycles. The number of phosphoric ester groups is 1. The second-order valence-corrected chi connectivity index (χ2v) is 20.9. The zero-order valence-corrected chi connectivity index (χ0v) is 46.3. The first-order chi connectivity index (χ1) is 38.1. The van der Waals surface area contributed by atoms with Gasteiger partial charge in [0, 0.05) is 43.3 Å². The molecule has 3 rings (SSSR count). The third kappa shape index (κ3) is 22.4. The van der Waals surface area contributed by atoms with Gasteiger partial charge >= 0.3 is 0 Å². The van der Waals surface area contributed by atoms with Gasteiger partial charge in [-0.2, -0.15) is 0 Å². The van der Waals surface area contributed by atoms with Gasteiger partial charge in [0.05, 0.1) is 51.8 Å². The van der Waals surface area contributed by atoms with E-state index in [2.05, 4.69) is 63.6 Å². The third-order valence-corrected chi connectivity index (χ3v) is 14.0. The number of nitrogens with zero attached hydrogens (tertiary/aromatic N) is 3. The molecule has 0 aromatic carbocycles. The normalized spacial score (nSPS) is 18.5. The van der Waals surface area contributed by atoms with Crippen LogP contribution in [-0.2, 0) is 73.0 Å². The lowest BCUT2D eigenvalue weighted by Crippen LogP contribution is -2.70. The molecule has 17 N–H and O–H groups in total. The van der Waals surface area contributed by atoms with Gasteiger partial charge in [0.15, 0.2) is 6.04 Å². The molecule has 81 heavy (non-hydrogen) atoms. The largest absolute Gasteiger partial charge is 0.790 e. The molecule has 2 aliphatic heterocycles. The number of imidazole rings is 1. The molecule has 2 fully saturated rings. The van der Waals surface area contributed by atoms with Crippen LogP contribution in [0.15, 0.2) is 12.5 Å². The number of nitrogens with one attached hydrogen (secondary N) is 8. The highest BCUT2D eigenvalue weighted by Gasteiger charge is 2.45. The summed E-state index contributed by atoms with van der Waals surface area (Å²) in [5, 5.41) is 50.4. The molecule has 1 aromatic heterocycles. The van der Waals surface area contributed by atoms with Crippen LogP contribution in [-0.4, -0.2) is 184 Å². The molecule has 11 atom stereocenters. The number of aromatic amines is 1. The molecule has 1 aromatic rings. The molecule has 0 spiro atoms. The maximum atomic E-state index is 14.5. The number of rotatable bonds is 35. The number of hydrogen-bond acceptors (Lipinski definition) is 20. The van der Waals surface area contributed by atoms with E-state index >= 15 is 0 Å². The number of phosphoric acid groups is 1. The molecule has 0 aliphatic carbocycles. The zero-order valence-electron chi connectivity index (χ0n) is 45.4. The van der Waals surface area contributed by atoms with Crippen LogP contribution in [0.3, 0.4) is 0 Å². The van der Waals surface area contributed by atoms with Crippen molar-refractivity contribution in [3.05, 3.63) is 18.2 Å². The van der Waals surface area contributed by atoms with Crippen LogP contribution < -0.4 is 79.5 Å². The number of aliphatic carboxylic acids is 3. The van der Waals surface area contributed by atoms with Gasteiger partial charge in [-0.1, -0.05) is 0 Å². The minimum absolute atomic E-state index is 0.000659. The van der Waals surface area contributed by atoms with Crippen LogP contribution in [0, 0.1) is 0 Å². The SMILES string of the molecule is C[C@H](NC(=O)[C@H](CCC(=O)[O-])NC(=O)[C@H](CCCC[NH3+])NC(=O)[C@H](CCCC[NH3+])NC(=O)[C@@H]1CCCN1C(=O)[C@@H]1CCCN1C(=O)[C@@H](NC(=O)[C@H](C)NC(=O)[C@@H]([NH3+])Cc1cnc[nH]1)[C@@H](C)OP(=O)([O-])[O-])C(=O)N[C@@H](CC(=O)[O-])C(=O)[O-]. The Morgan fingerprint density at radius 3 is 1.69 bits per heavy atom. The Kier molecular flexibility index (Phi) is 27.7. The number of carboxylic acid groups (broad SMARTS) is 3. The number of likely N-dealkylation sites (tertiary alicyclic amines) is 2. The molecule has 0 bridgehead atoms. The summed E-state index contributed by atoms with van der Waals surface area (Å²) in [6.07, 6.45) is 0.821. The van der Waals surface area contributed by atoms with E-state index in [1.165, 1.54) is 24.3 Å². The quantitative estimate of drug-likeness (QED) is 0.0222. The average Bonchev–Trinajstić information content (AvgIpc) is 4.21. The average molecular weight is 1170 g/mol. The number of carbonyl (C=O) groups is 12. The molecule has 33 nitrogen and oxygen atoms in total. The van der Waals surface area contributed by atoms with E-state index in [1.54, 1.807) is 0 Å². The van der Waals surface area contributed by atoms with Crippen molar-refractivity contribution in [2.24, 2.45) is 0 Å². The van der Waals surface area contributed by atoms with Crippen molar-refractivity contribution in [3.8, 4) is 0 Å². The summed E-state index contributed by atoms with van der Waals surface area (Å²) in [4.78, 5) is 190. The molecule has 454 valence electrons. The lowest BCUT2D eigenvalue weighted by atomic mass is 10.0. The Balaban J connectivity index is 1.83. The summed E-state index contributed by atoms with van der Waals surface area (Å²) in [6, 6.07) is -14.7. The first-order valence-corrected chi connectivity index (χ1v) is 28.0. The Morgan fingerprint density at radius 1 is 0.667 bits per heavy atom. The van der Waals surface area contributed by atoms with E-state index in [0.717, 1.165) is 18.7 Å². The van der Waals surface area contributed by atoms with Crippen LogP contribution in [0.5, 0.6) is 0 Å². The van der Waals surface area contributed by atoms with E-state index in [1.807, 2.05) is 5.32 Å². The molecule has 0 unspecified atom stereocenters. The first-order valence-electron chi connectivity index (χ1n) is 26.5. The fraction of sp³-hybridized carbons (Fsp3) is 0.681. The standard InChI is InChI=1S/C47H77N14O19P/c1-24(38(66)58-32(47(75)76)21-36(64)65)54-41(69)31(14-15-35(62)63)56-42(70)29(10-4-6-16-48)55-43(71)30(11-5-7-17-49)57-44(72)33-12-8-18-60(33)45(73)34-13-9-19-61(34)46(74)37(26(3)80-81(77,78)79)59-39(67)25(2)53-40(68)28(50)20-27-22-51-23-52-27/h22-26,28-34,37H,4-21,48-50H2,1-3H3,(H,51,52)(H,53,68)(H,54,69)(H,55,71)(H,56,70)(H,57,72)(H,58,66)(H,59,67)(H,62,63)(H,64,65)(H,75,76)(H2,77,78,79)/p-2/t24-,25-,26+,28-,29-,30-,31-,32-,33-,34-,37-/m0/s1. The monoisotopic (exact) mass is 1170 g/mol. The van der Waals surface area contributed by atoms with Crippen LogP contribution >= 0.6 is 7.82 Å². The fourth-order valence-electron chi connectivity index (χ4n) is 9.00. The van der Waals surface area contributed by atoms with Crippen LogP contribution in [0.4, 0.5) is 0 Å². The molecule has 3 heterocycles. The van der Waals surface area contributed by atoms with Crippen molar-refractivity contribution in [3.63, 3.8) is 0 Å².